The molecule has 1 heteroatoms. The Labute approximate surface area is 111 Å². The SMILES string of the molecule is CCCCC(=O)C1CCCC(c2ccccc2)C1. The summed E-state index contributed by atoms with van der Waals surface area (Å²) < 4.78 is 0. The third kappa shape index (κ3) is 3.44. The number of ketones is 1. The topological polar surface area (TPSA) is 17.1 Å². The predicted octanol–water partition coefficient (Wildman–Crippen LogP) is 4.72. The number of hydrogen-bond donors (Lipinski definition) is 0. The molecule has 1 nitrogen and oxygen atoms in total. The molecule has 2 unspecified atom stereocenters. The van der Waals surface area contributed by atoms with Crippen LogP contribution in [0.2, 0.25) is 0 Å². The lowest BCUT2D eigenvalue weighted by atomic mass is 9.76. The van der Waals surface area contributed by atoms with E-state index in [1.165, 1.54) is 18.4 Å². The van der Waals surface area contributed by atoms with Crippen LogP contribution in [-0.4, -0.2) is 5.78 Å². The Morgan fingerprint density at radius 3 is 2.72 bits per heavy atom. The highest BCUT2D eigenvalue weighted by Gasteiger charge is 2.27. The van der Waals surface area contributed by atoms with Crippen LogP contribution < -0.4 is 0 Å². The van der Waals surface area contributed by atoms with E-state index in [-0.39, 0.29) is 0 Å². The summed E-state index contributed by atoms with van der Waals surface area (Å²) in [5.74, 6) is 1.45. The van der Waals surface area contributed by atoms with E-state index in [0.717, 1.165) is 32.1 Å². The molecule has 0 aromatic heterocycles. The molecule has 98 valence electrons. The molecule has 0 amide bonds. The highest BCUT2D eigenvalue weighted by molar-refractivity contribution is 5.81. The Morgan fingerprint density at radius 1 is 1.22 bits per heavy atom. The zero-order valence-corrected chi connectivity index (χ0v) is 11.4. The van der Waals surface area contributed by atoms with E-state index >= 15 is 0 Å². The lowest BCUT2D eigenvalue weighted by Crippen LogP contribution is -2.22. The standard InChI is InChI=1S/C17H24O/c1-2-3-12-17(18)16-11-7-10-15(13-16)14-8-5-4-6-9-14/h4-6,8-9,15-16H,2-3,7,10-13H2,1H3. The van der Waals surface area contributed by atoms with Gasteiger partial charge in [-0.05, 0) is 37.2 Å². The highest BCUT2D eigenvalue weighted by Crippen LogP contribution is 2.37. The molecule has 1 aliphatic rings. The molecular weight excluding hydrogens is 220 g/mol. The van der Waals surface area contributed by atoms with Gasteiger partial charge in [-0.15, -0.1) is 0 Å². The van der Waals surface area contributed by atoms with E-state index in [4.69, 9.17) is 0 Å². The molecule has 1 aliphatic carbocycles. The monoisotopic (exact) mass is 244 g/mol. The molecule has 0 aliphatic heterocycles. The van der Waals surface area contributed by atoms with E-state index in [2.05, 4.69) is 37.3 Å². The van der Waals surface area contributed by atoms with Crippen molar-refractivity contribution in [1.82, 2.24) is 0 Å². The number of carbonyl (C=O) groups is 1. The molecular formula is C17H24O. The average Bonchev–Trinajstić information content (AvgIpc) is 2.46. The normalized spacial score (nSPS) is 23.8. The van der Waals surface area contributed by atoms with Crippen LogP contribution in [0.25, 0.3) is 0 Å². The van der Waals surface area contributed by atoms with E-state index in [0.29, 0.717) is 17.6 Å². The number of Topliss-reactive ketones (excluding diaryl/α,β-unsaturated/α-hetero) is 1. The maximum absolute atomic E-state index is 12.1. The van der Waals surface area contributed by atoms with Crippen LogP contribution in [0, 0.1) is 5.92 Å². The van der Waals surface area contributed by atoms with Crippen LogP contribution >= 0.6 is 0 Å². The number of hydrogen-bond acceptors (Lipinski definition) is 1. The van der Waals surface area contributed by atoms with Gasteiger partial charge in [0.05, 0.1) is 0 Å². The zero-order chi connectivity index (χ0) is 12.8. The van der Waals surface area contributed by atoms with Crippen LogP contribution in [0.4, 0.5) is 0 Å². The molecule has 0 bridgehead atoms. The largest absolute Gasteiger partial charge is 0.299 e. The van der Waals surface area contributed by atoms with Crippen LogP contribution in [0.15, 0.2) is 30.3 Å². The van der Waals surface area contributed by atoms with Gasteiger partial charge < -0.3 is 0 Å². The van der Waals surface area contributed by atoms with Crippen LogP contribution in [-0.2, 0) is 4.79 Å². The van der Waals surface area contributed by atoms with Crippen molar-refractivity contribution >= 4 is 5.78 Å². The van der Waals surface area contributed by atoms with Crippen LogP contribution in [0.5, 0.6) is 0 Å². The number of unbranched alkanes of at least 4 members (excludes halogenated alkanes) is 1. The lowest BCUT2D eigenvalue weighted by Gasteiger charge is -2.28. The predicted molar refractivity (Wildman–Crippen MR) is 75.7 cm³/mol. The first-order valence-corrected chi connectivity index (χ1v) is 7.39. The van der Waals surface area contributed by atoms with Gasteiger partial charge in [0.1, 0.15) is 5.78 Å². The maximum Gasteiger partial charge on any atom is 0.135 e. The zero-order valence-electron chi connectivity index (χ0n) is 11.4. The Balaban J connectivity index is 1.94. The first-order valence-electron chi connectivity index (χ1n) is 7.39. The van der Waals surface area contributed by atoms with E-state index in [9.17, 15) is 4.79 Å². The highest BCUT2D eigenvalue weighted by atomic mass is 16.1. The van der Waals surface area contributed by atoms with E-state index in [1.807, 2.05) is 0 Å². The molecule has 0 heterocycles. The Kier molecular flexibility index (Phi) is 4.98. The van der Waals surface area contributed by atoms with Crippen molar-refractivity contribution in [3.8, 4) is 0 Å². The summed E-state index contributed by atoms with van der Waals surface area (Å²) in [6, 6.07) is 10.7. The smallest absolute Gasteiger partial charge is 0.135 e. The molecule has 2 atom stereocenters. The summed E-state index contributed by atoms with van der Waals surface area (Å²) in [6.45, 7) is 2.15. The molecule has 1 fully saturated rings. The molecule has 1 aromatic carbocycles. The molecule has 1 saturated carbocycles. The third-order valence-corrected chi connectivity index (χ3v) is 4.18. The molecule has 0 radical (unpaired) electrons. The Hall–Kier alpha value is -1.11. The molecule has 2 rings (SSSR count). The van der Waals surface area contributed by atoms with Crippen molar-refractivity contribution < 1.29 is 4.79 Å². The molecule has 0 saturated heterocycles. The third-order valence-electron chi connectivity index (χ3n) is 4.18. The van der Waals surface area contributed by atoms with Gasteiger partial charge in [-0.25, -0.2) is 0 Å². The molecule has 0 spiro atoms. The first kappa shape index (κ1) is 13.3. The molecule has 18 heavy (non-hydrogen) atoms. The quantitative estimate of drug-likeness (QED) is 0.732. The fourth-order valence-electron chi connectivity index (χ4n) is 3.07. The minimum Gasteiger partial charge on any atom is -0.299 e. The Bertz CT molecular complexity index is 368. The van der Waals surface area contributed by atoms with Gasteiger partial charge >= 0.3 is 0 Å². The fourth-order valence-corrected chi connectivity index (χ4v) is 3.07. The summed E-state index contributed by atoms with van der Waals surface area (Å²) in [6.07, 6.45) is 7.64. The van der Waals surface area contributed by atoms with Crippen molar-refractivity contribution in [2.24, 2.45) is 5.92 Å². The number of carbonyl (C=O) groups excluding carboxylic acids is 1. The molecule has 1 aromatic rings. The van der Waals surface area contributed by atoms with Crippen molar-refractivity contribution in [2.45, 2.75) is 57.8 Å². The summed E-state index contributed by atoms with van der Waals surface area (Å²) in [5, 5.41) is 0. The van der Waals surface area contributed by atoms with Gasteiger partial charge in [-0.2, -0.15) is 0 Å². The molecule has 0 N–H and O–H groups in total. The maximum atomic E-state index is 12.1. The first-order chi connectivity index (χ1) is 8.81. The minimum absolute atomic E-state index is 0.329. The van der Waals surface area contributed by atoms with Crippen molar-refractivity contribution in [3.05, 3.63) is 35.9 Å². The van der Waals surface area contributed by atoms with Gasteiger partial charge in [0.15, 0.2) is 0 Å². The van der Waals surface area contributed by atoms with E-state index in [1.54, 1.807) is 0 Å². The van der Waals surface area contributed by atoms with Crippen molar-refractivity contribution in [3.63, 3.8) is 0 Å². The number of rotatable bonds is 5. The summed E-state index contributed by atoms with van der Waals surface area (Å²) >= 11 is 0. The van der Waals surface area contributed by atoms with Gasteiger partial charge in [-0.3, -0.25) is 4.79 Å². The van der Waals surface area contributed by atoms with Crippen molar-refractivity contribution in [1.29, 1.82) is 0 Å². The number of benzene rings is 1. The lowest BCUT2D eigenvalue weighted by molar-refractivity contribution is -0.124. The van der Waals surface area contributed by atoms with Gasteiger partial charge in [0.2, 0.25) is 0 Å². The summed E-state index contributed by atoms with van der Waals surface area (Å²) in [5.41, 5.74) is 1.42. The minimum atomic E-state index is 0.329. The fraction of sp³-hybridized carbons (Fsp3) is 0.588. The second-order valence-electron chi connectivity index (χ2n) is 5.54. The average molecular weight is 244 g/mol. The van der Waals surface area contributed by atoms with Crippen molar-refractivity contribution in [2.75, 3.05) is 0 Å². The van der Waals surface area contributed by atoms with Crippen LogP contribution in [0.1, 0.15) is 63.4 Å². The Morgan fingerprint density at radius 2 is 2.00 bits per heavy atom. The van der Waals surface area contributed by atoms with Crippen LogP contribution in [0.3, 0.4) is 0 Å². The van der Waals surface area contributed by atoms with E-state index < -0.39 is 0 Å². The summed E-state index contributed by atoms with van der Waals surface area (Å²) in [4.78, 5) is 12.1. The summed E-state index contributed by atoms with van der Waals surface area (Å²) in [7, 11) is 0. The second kappa shape index (κ2) is 6.72. The van der Waals surface area contributed by atoms with Gasteiger partial charge in [-0.1, -0.05) is 50.1 Å². The second-order valence-corrected chi connectivity index (χ2v) is 5.54. The van der Waals surface area contributed by atoms with Gasteiger partial charge in [0.25, 0.3) is 0 Å². The van der Waals surface area contributed by atoms with Gasteiger partial charge in [0, 0.05) is 12.3 Å².